The number of aliphatic imine (C=N–C) groups is 1. The molecule has 4 atom stereocenters. The molecule has 0 spiro atoms. The van der Waals surface area contributed by atoms with E-state index < -0.39 is 5.83 Å². The average molecular weight is 510 g/mol. The summed E-state index contributed by atoms with van der Waals surface area (Å²) in [5.74, 6) is 0.567. The molecule has 2 aliphatic heterocycles. The highest BCUT2D eigenvalue weighted by molar-refractivity contribution is 8.14. The Hall–Kier alpha value is -3.25. The van der Waals surface area contributed by atoms with Gasteiger partial charge in [0.25, 0.3) is 0 Å². The highest BCUT2D eigenvalue weighted by Gasteiger charge is 2.55. The lowest BCUT2D eigenvalue weighted by molar-refractivity contribution is -0.119. The zero-order valence-electron chi connectivity index (χ0n) is 20.3. The summed E-state index contributed by atoms with van der Waals surface area (Å²) in [6, 6.07) is 9.00. The first kappa shape index (κ1) is 25.8. The van der Waals surface area contributed by atoms with Gasteiger partial charge >= 0.3 is 0 Å². The van der Waals surface area contributed by atoms with Crippen LogP contribution in [0.3, 0.4) is 0 Å². The van der Waals surface area contributed by atoms with E-state index >= 15 is 0 Å². The van der Waals surface area contributed by atoms with Crippen LogP contribution in [0.15, 0.2) is 41.5 Å². The van der Waals surface area contributed by atoms with Crippen molar-refractivity contribution in [2.24, 2.45) is 28.5 Å². The van der Waals surface area contributed by atoms with E-state index in [1.807, 2.05) is 11.0 Å². The number of carbonyl (C=O) groups is 1. The Morgan fingerprint density at radius 2 is 2.00 bits per heavy atom. The molecule has 2 N–H and O–H groups in total. The lowest BCUT2D eigenvalue weighted by Gasteiger charge is -2.26. The van der Waals surface area contributed by atoms with Crippen LogP contribution in [-0.2, 0) is 4.79 Å². The van der Waals surface area contributed by atoms with Crippen molar-refractivity contribution in [3.8, 4) is 6.07 Å². The Bertz CT molecular complexity index is 1200. The molecule has 1 amide bonds. The normalized spacial score (nSPS) is 25.6. The van der Waals surface area contributed by atoms with Crippen LogP contribution in [0, 0.1) is 34.9 Å². The molecule has 188 valence electrons. The first-order chi connectivity index (χ1) is 17.3. The van der Waals surface area contributed by atoms with Crippen molar-refractivity contribution < 1.29 is 13.6 Å². The van der Waals surface area contributed by atoms with E-state index in [2.05, 4.69) is 23.8 Å². The molecule has 1 aliphatic carbocycles. The van der Waals surface area contributed by atoms with Gasteiger partial charge in [-0.2, -0.15) is 5.26 Å². The summed E-state index contributed by atoms with van der Waals surface area (Å²) in [7, 11) is 0. The lowest BCUT2D eigenvalue weighted by atomic mass is 9.98. The summed E-state index contributed by atoms with van der Waals surface area (Å²) < 4.78 is 29.0. The van der Waals surface area contributed by atoms with Gasteiger partial charge in [-0.05, 0) is 60.6 Å². The van der Waals surface area contributed by atoms with E-state index in [0.29, 0.717) is 33.0 Å². The molecule has 1 saturated carbocycles. The SMILES string of the molecule is CC1C2SC(N)=NC(c3cc(/C=C(\F)c4ccc(C#N)cn4)ccc3F)C12.CC1CCN(C=O)CC1. The van der Waals surface area contributed by atoms with Crippen LogP contribution >= 0.6 is 11.8 Å². The van der Waals surface area contributed by atoms with E-state index in [9.17, 15) is 13.6 Å². The summed E-state index contributed by atoms with van der Waals surface area (Å²) in [6.45, 7) is 6.28. The number of rotatable bonds is 4. The summed E-state index contributed by atoms with van der Waals surface area (Å²) >= 11 is 1.54. The monoisotopic (exact) mass is 509 g/mol. The zero-order chi connectivity index (χ0) is 25.8. The van der Waals surface area contributed by atoms with Gasteiger partial charge in [0, 0.05) is 36.0 Å². The van der Waals surface area contributed by atoms with E-state index in [4.69, 9.17) is 11.0 Å². The van der Waals surface area contributed by atoms with Gasteiger partial charge in [-0.3, -0.25) is 14.8 Å². The number of amides is 1. The number of benzene rings is 1. The Morgan fingerprint density at radius 3 is 2.64 bits per heavy atom. The number of carbonyl (C=O) groups excluding carboxylic acids is 1. The number of pyridine rings is 1. The summed E-state index contributed by atoms with van der Waals surface area (Å²) in [4.78, 5) is 20.4. The predicted octanol–water partition coefficient (Wildman–Crippen LogP) is 5.17. The second-order valence-electron chi connectivity index (χ2n) is 9.57. The fraction of sp³-hybridized carbons (Fsp3) is 0.407. The molecule has 36 heavy (non-hydrogen) atoms. The smallest absolute Gasteiger partial charge is 0.209 e. The molecule has 5 rings (SSSR count). The largest absolute Gasteiger partial charge is 0.379 e. The van der Waals surface area contributed by atoms with E-state index in [1.54, 1.807) is 17.8 Å². The topological polar surface area (TPSA) is 95.4 Å². The quantitative estimate of drug-likeness (QED) is 0.574. The zero-order valence-corrected chi connectivity index (χ0v) is 21.1. The molecule has 0 bridgehead atoms. The summed E-state index contributed by atoms with van der Waals surface area (Å²) in [5, 5.41) is 9.63. The second-order valence-corrected chi connectivity index (χ2v) is 10.8. The van der Waals surface area contributed by atoms with E-state index in [0.717, 1.165) is 25.4 Å². The maximum absolute atomic E-state index is 14.5. The second kappa shape index (κ2) is 11.2. The van der Waals surface area contributed by atoms with Gasteiger partial charge in [-0.15, -0.1) is 0 Å². The maximum Gasteiger partial charge on any atom is 0.209 e. The first-order valence-electron chi connectivity index (χ1n) is 12.0. The number of fused-ring (bicyclic) bond motifs is 1. The fourth-order valence-corrected chi connectivity index (χ4v) is 5.93. The number of likely N-dealkylation sites (tertiary alicyclic amines) is 1. The van der Waals surface area contributed by atoms with Crippen molar-refractivity contribution in [2.45, 2.75) is 38.0 Å². The minimum absolute atomic E-state index is 0.118. The van der Waals surface area contributed by atoms with Crippen molar-refractivity contribution >= 4 is 35.2 Å². The van der Waals surface area contributed by atoms with Crippen LogP contribution in [0.1, 0.15) is 55.1 Å². The molecule has 6 nitrogen and oxygen atoms in total. The van der Waals surface area contributed by atoms with Crippen LogP contribution < -0.4 is 5.73 Å². The molecule has 1 saturated heterocycles. The number of aromatic nitrogens is 1. The highest BCUT2D eigenvalue weighted by atomic mass is 32.2. The van der Waals surface area contributed by atoms with Gasteiger partial charge in [0.2, 0.25) is 6.41 Å². The van der Waals surface area contributed by atoms with Gasteiger partial charge < -0.3 is 10.6 Å². The van der Waals surface area contributed by atoms with Crippen molar-refractivity contribution in [1.82, 2.24) is 9.88 Å². The molecular formula is C27H29F2N5OS. The van der Waals surface area contributed by atoms with Crippen molar-refractivity contribution in [2.75, 3.05) is 13.1 Å². The molecule has 2 aromatic rings. The highest BCUT2D eigenvalue weighted by Crippen LogP contribution is 2.58. The Labute approximate surface area is 214 Å². The molecule has 1 aromatic carbocycles. The van der Waals surface area contributed by atoms with E-state index in [1.165, 1.54) is 49.4 Å². The van der Waals surface area contributed by atoms with Crippen molar-refractivity contribution in [3.05, 3.63) is 64.7 Å². The Balaban J connectivity index is 0.000000286. The molecule has 9 heteroatoms. The lowest BCUT2D eigenvalue weighted by Crippen LogP contribution is -2.31. The number of nitriles is 1. The number of piperidine rings is 1. The minimum atomic E-state index is -0.558. The molecule has 2 fully saturated rings. The number of hydrogen-bond acceptors (Lipinski definition) is 6. The van der Waals surface area contributed by atoms with Crippen LogP contribution in [0.5, 0.6) is 0 Å². The van der Waals surface area contributed by atoms with Gasteiger partial charge in [0.15, 0.2) is 5.17 Å². The average Bonchev–Trinajstić information content (AvgIpc) is 3.54. The minimum Gasteiger partial charge on any atom is -0.379 e. The Morgan fingerprint density at radius 1 is 1.25 bits per heavy atom. The molecular weight excluding hydrogens is 480 g/mol. The number of hydrogen-bond donors (Lipinski definition) is 1. The molecule has 4 unspecified atom stereocenters. The third-order valence-corrected chi connectivity index (χ3v) is 8.35. The van der Waals surface area contributed by atoms with E-state index in [-0.39, 0.29) is 23.5 Å². The fourth-order valence-electron chi connectivity index (χ4n) is 4.61. The standard InChI is InChI=1S/C20H16F2N4S.C7H13NO/c1-10-17-18(26-20(24)27-19(10)17)13-6-11(2-4-14(13)21)7-15(22)16-5-3-12(8-23)9-25-16;1-7-2-4-8(6-9)5-3-7/h2-7,9-10,17-19H,1H3,(H2,24,26);6-7H,2-5H2,1H3/b15-7-;. The number of amidine groups is 1. The third kappa shape index (κ3) is 5.93. The van der Waals surface area contributed by atoms with Gasteiger partial charge in [0.1, 0.15) is 17.7 Å². The van der Waals surface area contributed by atoms with Gasteiger partial charge in [0.05, 0.1) is 17.3 Å². The molecule has 1 aromatic heterocycles. The summed E-state index contributed by atoms with van der Waals surface area (Å²) in [5.41, 5.74) is 7.33. The van der Waals surface area contributed by atoms with Crippen LogP contribution in [0.25, 0.3) is 11.9 Å². The molecule has 3 heterocycles. The molecule has 3 aliphatic rings. The first-order valence-corrected chi connectivity index (χ1v) is 12.9. The maximum atomic E-state index is 14.5. The van der Waals surface area contributed by atoms with Crippen molar-refractivity contribution in [1.29, 1.82) is 5.26 Å². The summed E-state index contributed by atoms with van der Waals surface area (Å²) in [6.07, 6.45) is 5.92. The van der Waals surface area contributed by atoms with Crippen molar-refractivity contribution in [3.63, 3.8) is 0 Å². The number of nitrogens with two attached hydrogens (primary N) is 1. The van der Waals surface area contributed by atoms with Gasteiger partial charge in [-0.1, -0.05) is 31.7 Å². The van der Waals surface area contributed by atoms with Crippen LogP contribution in [0.2, 0.25) is 0 Å². The van der Waals surface area contributed by atoms with Gasteiger partial charge in [-0.25, -0.2) is 8.78 Å². The molecule has 0 radical (unpaired) electrons. The number of nitrogens with zero attached hydrogens (tertiary/aromatic N) is 4. The number of thioether (sulfide) groups is 1. The number of halogens is 2. The Kier molecular flexibility index (Phi) is 8.04. The van der Waals surface area contributed by atoms with Crippen LogP contribution in [-0.4, -0.2) is 39.8 Å². The third-order valence-electron chi connectivity index (χ3n) is 6.99. The predicted molar refractivity (Wildman–Crippen MR) is 139 cm³/mol. The van der Waals surface area contributed by atoms with Crippen LogP contribution in [0.4, 0.5) is 8.78 Å².